The average Bonchev–Trinajstić information content (AvgIpc) is 3.33. The summed E-state index contributed by atoms with van der Waals surface area (Å²) in [5.41, 5.74) is 0.548. The lowest BCUT2D eigenvalue weighted by Crippen LogP contribution is -2.37. The summed E-state index contributed by atoms with van der Waals surface area (Å²) in [6.07, 6.45) is 6.08. The molecule has 2 unspecified atom stereocenters. The van der Waals surface area contributed by atoms with Crippen LogP contribution in [-0.4, -0.2) is 59.2 Å². The van der Waals surface area contributed by atoms with Crippen molar-refractivity contribution in [3.8, 4) is 0 Å². The molecule has 0 radical (unpaired) electrons. The molecule has 2 saturated heterocycles. The van der Waals surface area contributed by atoms with Gasteiger partial charge in [-0.25, -0.2) is 4.98 Å². The molecule has 0 spiro atoms. The molecule has 2 aliphatic heterocycles. The standard InChI is InChI=1S/C18H26N4O2S/c1-13(18(24)22-10-2-3-11-22)25-17-15(7-5-9-20-17)16(23)21-12-14-6-4-8-19-14/h5,7,9,13-14,19H,2-4,6,8,10-12H2,1H3,(H,21,23). The molecule has 3 rings (SSSR count). The van der Waals surface area contributed by atoms with Crippen LogP contribution in [0.3, 0.4) is 0 Å². The fourth-order valence-electron chi connectivity index (χ4n) is 3.31. The summed E-state index contributed by atoms with van der Waals surface area (Å²) >= 11 is 1.37. The number of aromatic nitrogens is 1. The molecular weight excluding hydrogens is 336 g/mol. The van der Waals surface area contributed by atoms with Crippen molar-refractivity contribution in [1.82, 2.24) is 20.5 Å². The van der Waals surface area contributed by atoms with E-state index in [1.54, 1.807) is 18.3 Å². The van der Waals surface area contributed by atoms with Crippen molar-refractivity contribution >= 4 is 23.6 Å². The van der Waals surface area contributed by atoms with E-state index in [1.807, 2.05) is 11.8 Å². The van der Waals surface area contributed by atoms with Gasteiger partial charge in [0.15, 0.2) is 0 Å². The van der Waals surface area contributed by atoms with E-state index in [4.69, 9.17) is 0 Å². The smallest absolute Gasteiger partial charge is 0.254 e. The van der Waals surface area contributed by atoms with Crippen LogP contribution >= 0.6 is 11.8 Å². The van der Waals surface area contributed by atoms with E-state index < -0.39 is 0 Å². The summed E-state index contributed by atoms with van der Waals surface area (Å²) < 4.78 is 0. The van der Waals surface area contributed by atoms with Gasteiger partial charge in [0.2, 0.25) is 5.91 Å². The first kappa shape index (κ1) is 18.2. The Morgan fingerprint density at radius 3 is 2.92 bits per heavy atom. The zero-order valence-electron chi connectivity index (χ0n) is 14.7. The molecule has 0 aromatic carbocycles. The van der Waals surface area contributed by atoms with E-state index >= 15 is 0 Å². The van der Waals surface area contributed by atoms with Gasteiger partial charge < -0.3 is 15.5 Å². The molecule has 25 heavy (non-hydrogen) atoms. The first-order valence-corrected chi connectivity index (χ1v) is 9.95. The molecule has 1 aromatic heterocycles. The van der Waals surface area contributed by atoms with Gasteiger partial charge in [0.1, 0.15) is 5.03 Å². The van der Waals surface area contributed by atoms with Crippen molar-refractivity contribution in [2.75, 3.05) is 26.2 Å². The van der Waals surface area contributed by atoms with Crippen LogP contribution in [0.2, 0.25) is 0 Å². The van der Waals surface area contributed by atoms with Gasteiger partial charge in [-0.3, -0.25) is 9.59 Å². The molecule has 3 heterocycles. The number of pyridine rings is 1. The molecule has 2 atom stereocenters. The highest BCUT2D eigenvalue weighted by Gasteiger charge is 2.26. The van der Waals surface area contributed by atoms with Gasteiger partial charge >= 0.3 is 0 Å². The van der Waals surface area contributed by atoms with Crippen LogP contribution in [0.15, 0.2) is 23.4 Å². The lowest BCUT2D eigenvalue weighted by Gasteiger charge is -2.20. The minimum absolute atomic E-state index is 0.120. The maximum Gasteiger partial charge on any atom is 0.254 e. The zero-order valence-corrected chi connectivity index (χ0v) is 15.5. The Morgan fingerprint density at radius 2 is 2.20 bits per heavy atom. The Hall–Kier alpha value is -1.60. The normalized spacial score (nSPS) is 21.3. The number of carbonyl (C=O) groups is 2. The Kier molecular flexibility index (Phi) is 6.31. The van der Waals surface area contributed by atoms with Crippen LogP contribution in [0.1, 0.15) is 43.0 Å². The first-order valence-electron chi connectivity index (χ1n) is 9.07. The van der Waals surface area contributed by atoms with Crippen LogP contribution in [-0.2, 0) is 4.79 Å². The van der Waals surface area contributed by atoms with Crippen molar-refractivity contribution in [3.05, 3.63) is 23.9 Å². The number of nitrogens with one attached hydrogen (secondary N) is 2. The summed E-state index contributed by atoms with van der Waals surface area (Å²) in [6, 6.07) is 3.90. The second-order valence-corrected chi connectivity index (χ2v) is 7.98. The highest BCUT2D eigenvalue weighted by molar-refractivity contribution is 8.00. The summed E-state index contributed by atoms with van der Waals surface area (Å²) in [5.74, 6) is 0.0137. The highest BCUT2D eigenvalue weighted by Crippen LogP contribution is 2.26. The molecule has 0 bridgehead atoms. The first-order chi connectivity index (χ1) is 12.1. The van der Waals surface area contributed by atoms with E-state index in [0.29, 0.717) is 23.2 Å². The molecule has 7 heteroatoms. The summed E-state index contributed by atoms with van der Waals surface area (Å²) in [4.78, 5) is 31.3. The molecule has 2 fully saturated rings. The van der Waals surface area contributed by atoms with Crippen LogP contribution in [0.4, 0.5) is 0 Å². The summed E-state index contributed by atoms with van der Waals surface area (Å²) in [5, 5.41) is 6.74. The van der Waals surface area contributed by atoms with Crippen LogP contribution in [0.5, 0.6) is 0 Å². The van der Waals surface area contributed by atoms with Crippen molar-refractivity contribution in [1.29, 1.82) is 0 Å². The Bertz CT molecular complexity index is 613. The Labute approximate surface area is 153 Å². The predicted octanol–water partition coefficient (Wildman–Crippen LogP) is 1.67. The highest BCUT2D eigenvalue weighted by atomic mass is 32.2. The quantitative estimate of drug-likeness (QED) is 0.753. The van der Waals surface area contributed by atoms with Crippen molar-refractivity contribution in [2.24, 2.45) is 0 Å². The number of hydrogen-bond acceptors (Lipinski definition) is 5. The molecule has 6 nitrogen and oxygen atoms in total. The molecule has 2 amide bonds. The van der Waals surface area contributed by atoms with Gasteiger partial charge in [-0.2, -0.15) is 0 Å². The topological polar surface area (TPSA) is 74.3 Å². The van der Waals surface area contributed by atoms with E-state index in [1.165, 1.54) is 11.8 Å². The van der Waals surface area contributed by atoms with Crippen LogP contribution in [0.25, 0.3) is 0 Å². The molecular formula is C18H26N4O2S. The molecule has 136 valence electrons. The maximum atomic E-state index is 12.5. The number of thioether (sulfide) groups is 1. The second kappa shape index (κ2) is 8.67. The van der Waals surface area contributed by atoms with E-state index in [9.17, 15) is 9.59 Å². The Morgan fingerprint density at radius 1 is 1.40 bits per heavy atom. The Balaban J connectivity index is 1.61. The maximum absolute atomic E-state index is 12.5. The fraction of sp³-hybridized carbons (Fsp3) is 0.611. The minimum Gasteiger partial charge on any atom is -0.350 e. The summed E-state index contributed by atoms with van der Waals surface area (Å²) in [7, 11) is 0. The molecule has 0 aliphatic carbocycles. The van der Waals surface area contributed by atoms with E-state index in [2.05, 4.69) is 15.6 Å². The lowest BCUT2D eigenvalue weighted by molar-refractivity contribution is -0.129. The van der Waals surface area contributed by atoms with Gasteiger partial charge in [0.25, 0.3) is 5.91 Å². The SMILES string of the molecule is CC(Sc1ncccc1C(=O)NCC1CCCN1)C(=O)N1CCCC1. The van der Waals surface area contributed by atoms with Gasteiger partial charge in [0.05, 0.1) is 10.8 Å². The minimum atomic E-state index is -0.240. The molecule has 2 N–H and O–H groups in total. The number of amides is 2. The average molecular weight is 362 g/mol. The number of hydrogen-bond donors (Lipinski definition) is 2. The van der Waals surface area contributed by atoms with E-state index in [0.717, 1.165) is 45.3 Å². The summed E-state index contributed by atoms with van der Waals surface area (Å²) in [6.45, 7) is 5.22. The van der Waals surface area contributed by atoms with Crippen LogP contribution < -0.4 is 10.6 Å². The lowest BCUT2D eigenvalue weighted by atomic mass is 10.2. The second-order valence-electron chi connectivity index (χ2n) is 6.65. The molecule has 0 saturated carbocycles. The fourth-order valence-corrected chi connectivity index (χ4v) is 4.31. The number of nitrogens with zero attached hydrogens (tertiary/aromatic N) is 2. The third-order valence-electron chi connectivity index (χ3n) is 4.74. The largest absolute Gasteiger partial charge is 0.350 e. The van der Waals surface area contributed by atoms with Gasteiger partial charge in [0, 0.05) is 31.9 Å². The van der Waals surface area contributed by atoms with Crippen molar-refractivity contribution in [2.45, 2.75) is 48.9 Å². The van der Waals surface area contributed by atoms with Gasteiger partial charge in [-0.1, -0.05) is 11.8 Å². The number of carbonyl (C=O) groups excluding carboxylic acids is 2. The van der Waals surface area contributed by atoms with Crippen molar-refractivity contribution < 1.29 is 9.59 Å². The zero-order chi connectivity index (χ0) is 17.6. The third kappa shape index (κ3) is 4.73. The predicted molar refractivity (Wildman–Crippen MR) is 98.7 cm³/mol. The van der Waals surface area contributed by atoms with Crippen LogP contribution in [0, 0.1) is 0 Å². The monoisotopic (exact) mass is 362 g/mol. The van der Waals surface area contributed by atoms with Gasteiger partial charge in [-0.05, 0) is 51.3 Å². The number of likely N-dealkylation sites (tertiary alicyclic amines) is 1. The molecule has 1 aromatic rings. The van der Waals surface area contributed by atoms with Gasteiger partial charge in [-0.15, -0.1) is 0 Å². The molecule has 2 aliphatic rings. The number of rotatable bonds is 6. The third-order valence-corrected chi connectivity index (χ3v) is 5.84. The van der Waals surface area contributed by atoms with E-state index in [-0.39, 0.29) is 17.1 Å². The van der Waals surface area contributed by atoms with Crippen molar-refractivity contribution in [3.63, 3.8) is 0 Å².